The summed E-state index contributed by atoms with van der Waals surface area (Å²) in [5.74, 6) is -0.233. The lowest BCUT2D eigenvalue weighted by Gasteiger charge is -2.09. The maximum atomic E-state index is 12.4. The van der Waals surface area contributed by atoms with Crippen molar-refractivity contribution in [1.29, 1.82) is 0 Å². The molecule has 0 saturated carbocycles. The second-order valence-electron chi connectivity index (χ2n) is 6.08. The summed E-state index contributed by atoms with van der Waals surface area (Å²) in [7, 11) is 0. The van der Waals surface area contributed by atoms with Crippen molar-refractivity contribution >= 4 is 11.6 Å². The third-order valence-electron chi connectivity index (χ3n) is 4.10. The van der Waals surface area contributed by atoms with Crippen LogP contribution in [-0.2, 0) is 13.1 Å². The third kappa shape index (κ3) is 4.73. The number of carbonyl (C=O) groups excluding carboxylic acids is 1. The normalized spacial score (nSPS) is 10.5. The van der Waals surface area contributed by atoms with E-state index in [1.807, 2.05) is 41.2 Å². The number of ether oxygens (including phenoxy) is 1. The zero-order chi connectivity index (χ0) is 19.9. The van der Waals surface area contributed by atoms with Gasteiger partial charge in [-0.2, -0.15) is 5.10 Å². The van der Waals surface area contributed by atoms with Gasteiger partial charge in [-0.25, -0.2) is 0 Å². The van der Waals surface area contributed by atoms with Gasteiger partial charge in [0.1, 0.15) is 0 Å². The molecule has 8 heteroatoms. The zero-order valence-electron chi connectivity index (χ0n) is 15.4. The summed E-state index contributed by atoms with van der Waals surface area (Å²) in [6.07, 6.45) is 3.62. The molecule has 1 amide bonds. The van der Waals surface area contributed by atoms with E-state index < -0.39 is 4.92 Å². The van der Waals surface area contributed by atoms with Gasteiger partial charge in [0.05, 0.1) is 18.1 Å². The molecular formula is C20H20N4O4. The van der Waals surface area contributed by atoms with E-state index >= 15 is 0 Å². The van der Waals surface area contributed by atoms with Crippen molar-refractivity contribution in [3.63, 3.8) is 0 Å². The Morgan fingerprint density at radius 1 is 1.21 bits per heavy atom. The standard InChI is InChI=1S/C20H20N4O4/c1-2-28-19-9-8-17(12-18(19)24(26)27)20(25)21-13-15-4-6-16(7-5-15)14-23-11-3-10-22-23/h3-12H,2,13-14H2,1H3,(H,21,25). The quantitative estimate of drug-likeness (QED) is 0.478. The highest BCUT2D eigenvalue weighted by Gasteiger charge is 2.18. The molecule has 3 rings (SSSR count). The Morgan fingerprint density at radius 3 is 2.61 bits per heavy atom. The third-order valence-corrected chi connectivity index (χ3v) is 4.10. The number of nitrogens with one attached hydrogen (secondary N) is 1. The van der Waals surface area contributed by atoms with Gasteiger partial charge in [0, 0.05) is 30.6 Å². The molecule has 0 bridgehead atoms. The monoisotopic (exact) mass is 380 g/mol. The minimum atomic E-state index is -0.555. The minimum Gasteiger partial charge on any atom is -0.487 e. The molecule has 144 valence electrons. The van der Waals surface area contributed by atoms with E-state index in [4.69, 9.17) is 4.74 Å². The van der Waals surface area contributed by atoms with E-state index in [2.05, 4.69) is 10.4 Å². The number of amides is 1. The summed E-state index contributed by atoms with van der Waals surface area (Å²) >= 11 is 0. The largest absolute Gasteiger partial charge is 0.487 e. The molecule has 28 heavy (non-hydrogen) atoms. The van der Waals surface area contributed by atoms with Crippen LogP contribution < -0.4 is 10.1 Å². The first kappa shape index (κ1) is 19.1. The van der Waals surface area contributed by atoms with E-state index in [9.17, 15) is 14.9 Å². The number of hydrogen-bond donors (Lipinski definition) is 1. The average molecular weight is 380 g/mol. The van der Waals surface area contributed by atoms with Crippen LogP contribution in [0.1, 0.15) is 28.4 Å². The van der Waals surface area contributed by atoms with Crippen molar-refractivity contribution < 1.29 is 14.5 Å². The lowest BCUT2D eigenvalue weighted by molar-refractivity contribution is -0.385. The van der Waals surface area contributed by atoms with E-state index in [-0.39, 0.29) is 22.9 Å². The van der Waals surface area contributed by atoms with Crippen molar-refractivity contribution in [3.05, 3.63) is 87.7 Å². The van der Waals surface area contributed by atoms with Crippen LogP contribution in [0.25, 0.3) is 0 Å². The summed E-state index contributed by atoms with van der Waals surface area (Å²) in [5, 5.41) is 18.1. The molecule has 8 nitrogen and oxygen atoms in total. The lowest BCUT2D eigenvalue weighted by Crippen LogP contribution is -2.22. The Labute approximate surface area is 161 Å². The van der Waals surface area contributed by atoms with Crippen LogP contribution in [0.3, 0.4) is 0 Å². The fourth-order valence-corrected chi connectivity index (χ4v) is 2.71. The van der Waals surface area contributed by atoms with E-state index in [0.717, 1.165) is 11.1 Å². The Morgan fingerprint density at radius 2 is 1.96 bits per heavy atom. The molecule has 1 N–H and O–H groups in total. The predicted molar refractivity (Wildman–Crippen MR) is 103 cm³/mol. The van der Waals surface area contributed by atoms with Gasteiger partial charge >= 0.3 is 5.69 Å². The summed E-state index contributed by atoms with van der Waals surface area (Å²) in [5.41, 5.74) is 2.02. The number of benzene rings is 2. The maximum Gasteiger partial charge on any atom is 0.311 e. The number of carbonyl (C=O) groups is 1. The SMILES string of the molecule is CCOc1ccc(C(=O)NCc2ccc(Cn3cccn3)cc2)cc1[N+](=O)[O-]. The number of rotatable bonds is 8. The van der Waals surface area contributed by atoms with E-state index in [1.54, 1.807) is 13.1 Å². The fraction of sp³-hybridized carbons (Fsp3) is 0.200. The summed E-state index contributed by atoms with van der Waals surface area (Å²) in [6, 6.07) is 13.9. The van der Waals surface area contributed by atoms with Crippen molar-refractivity contribution in [1.82, 2.24) is 15.1 Å². The van der Waals surface area contributed by atoms with E-state index in [0.29, 0.717) is 19.7 Å². The number of hydrogen-bond acceptors (Lipinski definition) is 5. The van der Waals surface area contributed by atoms with Crippen molar-refractivity contribution in [2.75, 3.05) is 6.61 Å². The van der Waals surface area contributed by atoms with Crippen LogP contribution in [0.4, 0.5) is 5.69 Å². The average Bonchev–Trinajstić information content (AvgIpc) is 3.20. The molecule has 0 aliphatic carbocycles. The number of nitrogens with zero attached hydrogens (tertiary/aromatic N) is 3. The first-order valence-corrected chi connectivity index (χ1v) is 8.81. The highest BCUT2D eigenvalue weighted by Crippen LogP contribution is 2.28. The first-order valence-electron chi connectivity index (χ1n) is 8.81. The fourth-order valence-electron chi connectivity index (χ4n) is 2.71. The Bertz CT molecular complexity index is 953. The molecule has 1 heterocycles. The van der Waals surface area contributed by atoms with Crippen LogP contribution in [0, 0.1) is 10.1 Å². The zero-order valence-corrected chi connectivity index (χ0v) is 15.4. The Kier molecular flexibility index (Phi) is 6.01. The second kappa shape index (κ2) is 8.81. The lowest BCUT2D eigenvalue weighted by atomic mass is 10.1. The topological polar surface area (TPSA) is 99.3 Å². The molecule has 0 fully saturated rings. The van der Waals surface area contributed by atoms with Gasteiger partial charge in [0.15, 0.2) is 5.75 Å². The molecule has 0 radical (unpaired) electrons. The summed E-state index contributed by atoms with van der Waals surface area (Å²) < 4.78 is 7.06. The van der Waals surface area contributed by atoms with Crippen molar-refractivity contribution in [2.24, 2.45) is 0 Å². The van der Waals surface area contributed by atoms with Gasteiger partial charge in [0.2, 0.25) is 0 Å². The highest BCUT2D eigenvalue weighted by atomic mass is 16.6. The number of nitro benzene ring substituents is 1. The van der Waals surface area contributed by atoms with Crippen LogP contribution in [0.5, 0.6) is 5.75 Å². The molecule has 1 aromatic heterocycles. The van der Waals surface area contributed by atoms with Crippen LogP contribution in [0.2, 0.25) is 0 Å². The predicted octanol–water partition coefficient (Wildman–Crippen LogP) is 3.17. The highest BCUT2D eigenvalue weighted by molar-refractivity contribution is 5.95. The molecule has 0 unspecified atom stereocenters. The minimum absolute atomic E-state index is 0.150. The van der Waals surface area contributed by atoms with E-state index in [1.165, 1.54) is 18.2 Å². The second-order valence-corrected chi connectivity index (χ2v) is 6.08. The van der Waals surface area contributed by atoms with Crippen LogP contribution in [-0.4, -0.2) is 27.2 Å². The van der Waals surface area contributed by atoms with Crippen LogP contribution >= 0.6 is 0 Å². The molecule has 2 aromatic carbocycles. The summed E-state index contributed by atoms with van der Waals surface area (Å²) in [4.78, 5) is 23.0. The molecule has 3 aromatic rings. The first-order chi connectivity index (χ1) is 13.6. The van der Waals surface area contributed by atoms with Gasteiger partial charge in [-0.1, -0.05) is 24.3 Å². The van der Waals surface area contributed by atoms with Gasteiger partial charge in [-0.3, -0.25) is 19.6 Å². The number of aromatic nitrogens is 2. The Hall–Kier alpha value is -3.68. The maximum absolute atomic E-state index is 12.4. The molecule has 0 aliphatic rings. The molecular weight excluding hydrogens is 360 g/mol. The van der Waals surface area contributed by atoms with Gasteiger partial charge in [-0.15, -0.1) is 0 Å². The van der Waals surface area contributed by atoms with Crippen molar-refractivity contribution in [2.45, 2.75) is 20.0 Å². The van der Waals surface area contributed by atoms with Gasteiger partial charge in [-0.05, 0) is 36.2 Å². The Balaban J connectivity index is 1.62. The molecule has 0 atom stereocenters. The smallest absolute Gasteiger partial charge is 0.311 e. The number of nitro groups is 1. The summed E-state index contributed by atoms with van der Waals surface area (Å²) in [6.45, 7) is 3.05. The van der Waals surface area contributed by atoms with Crippen molar-refractivity contribution in [3.8, 4) is 5.75 Å². The molecule has 0 saturated heterocycles. The molecule has 0 spiro atoms. The molecule has 0 aliphatic heterocycles. The van der Waals surface area contributed by atoms with Gasteiger partial charge in [0.25, 0.3) is 5.91 Å². The van der Waals surface area contributed by atoms with Gasteiger partial charge < -0.3 is 10.1 Å². The van der Waals surface area contributed by atoms with Crippen LogP contribution in [0.15, 0.2) is 60.9 Å².